The Kier molecular flexibility index (Phi) is 3.98. The van der Waals surface area contributed by atoms with Gasteiger partial charge in [-0.15, -0.1) is 0 Å². The van der Waals surface area contributed by atoms with Crippen LogP contribution in [0.2, 0.25) is 0 Å². The number of sulfonamides is 1. The molecule has 3 heterocycles. The van der Waals surface area contributed by atoms with Crippen LogP contribution in [-0.4, -0.2) is 30.3 Å². The number of aryl methyl sites for hydroxylation is 2. The second kappa shape index (κ2) is 5.78. The molecule has 1 unspecified atom stereocenters. The highest BCUT2D eigenvalue weighted by atomic mass is 32.2. The summed E-state index contributed by atoms with van der Waals surface area (Å²) in [4.78, 5) is 4.19. The predicted molar refractivity (Wildman–Crippen MR) is 72.2 cm³/mol. The van der Waals surface area contributed by atoms with E-state index in [1.807, 2.05) is 0 Å². The van der Waals surface area contributed by atoms with Crippen LogP contribution < -0.4 is 4.72 Å². The van der Waals surface area contributed by atoms with Crippen LogP contribution in [0.3, 0.4) is 0 Å². The molecule has 1 saturated heterocycles. The molecular formula is C12H16N4O5S. The number of aromatic nitrogens is 3. The van der Waals surface area contributed by atoms with Gasteiger partial charge in [-0.3, -0.25) is 0 Å². The monoisotopic (exact) mass is 328 g/mol. The van der Waals surface area contributed by atoms with E-state index >= 15 is 0 Å². The van der Waals surface area contributed by atoms with Gasteiger partial charge in [0.05, 0.1) is 6.54 Å². The molecule has 1 N–H and O–H groups in total. The zero-order valence-corrected chi connectivity index (χ0v) is 13.0. The zero-order valence-electron chi connectivity index (χ0n) is 12.2. The average Bonchev–Trinajstić information content (AvgIpc) is 3.17. The molecule has 1 aliphatic rings. The highest BCUT2D eigenvalue weighted by molar-refractivity contribution is 7.89. The zero-order chi connectivity index (χ0) is 15.7. The molecule has 3 rings (SSSR count). The number of rotatable bonds is 5. The van der Waals surface area contributed by atoms with Crippen LogP contribution in [-0.2, 0) is 21.3 Å². The standard InChI is InChI=1S/C12H16N4O5S/c1-7-11(8(2)20-15-7)22(17,18)13-6-10-14-12(21-16-10)9-4-3-5-19-9/h9,13H,3-6H2,1-2H3. The van der Waals surface area contributed by atoms with Crippen molar-refractivity contribution < 1.29 is 22.2 Å². The van der Waals surface area contributed by atoms with Gasteiger partial charge in [-0.2, -0.15) is 4.98 Å². The van der Waals surface area contributed by atoms with Crippen molar-refractivity contribution in [2.45, 2.75) is 44.2 Å². The molecule has 9 nitrogen and oxygen atoms in total. The fourth-order valence-electron chi connectivity index (χ4n) is 2.33. The molecular weight excluding hydrogens is 312 g/mol. The van der Waals surface area contributed by atoms with Crippen LogP contribution in [0.5, 0.6) is 0 Å². The van der Waals surface area contributed by atoms with Crippen molar-refractivity contribution in [3.05, 3.63) is 23.2 Å². The Morgan fingerprint density at radius 2 is 2.09 bits per heavy atom. The molecule has 0 radical (unpaired) electrons. The lowest BCUT2D eigenvalue weighted by molar-refractivity contribution is 0.0835. The van der Waals surface area contributed by atoms with Gasteiger partial charge in [-0.1, -0.05) is 10.3 Å². The summed E-state index contributed by atoms with van der Waals surface area (Å²) in [5.74, 6) is 0.864. The molecule has 0 aromatic carbocycles. The van der Waals surface area contributed by atoms with E-state index in [1.54, 1.807) is 13.8 Å². The highest BCUT2D eigenvalue weighted by Gasteiger charge is 2.26. The summed E-state index contributed by atoms with van der Waals surface area (Å²) in [7, 11) is -3.75. The fourth-order valence-corrected chi connectivity index (χ4v) is 3.64. The number of hydrogen-bond acceptors (Lipinski definition) is 8. The fraction of sp³-hybridized carbons (Fsp3) is 0.583. The second-order valence-electron chi connectivity index (χ2n) is 5.03. The number of nitrogens with zero attached hydrogens (tertiary/aromatic N) is 3. The van der Waals surface area contributed by atoms with Crippen LogP contribution in [0.1, 0.15) is 42.1 Å². The third-order valence-corrected chi connectivity index (χ3v) is 4.99. The van der Waals surface area contributed by atoms with Crippen molar-refractivity contribution in [1.29, 1.82) is 0 Å². The Labute approximate surface area is 127 Å². The molecule has 1 atom stereocenters. The minimum atomic E-state index is -3.75. The minimum Gasteiger partial charge on any atom is -0.368 e. The Morgan fingerprint density at radius 1 is 1.27 bits per heavy atom. The molecule has 2 aromatic rings. The van der Waals surface area contributed by atoms with Crippen molar-refractivity contribution in [2.75, 3.05) is 6.61 Å². The molecule has 0 saturated carbocycles. The molecule has 2 aromatic heterocycles. The Bertz CT molecular complexity index is 741. The lowest BCUT2D eigenvalue weighted by atomic mass is 10.2. The molecule has 1 fully saturated rings. The van der Waals surface area contributed by atoms with Crippen molar-refractivity contribution in [2.24, 2.45) is 0 Å². The quantitative estimate of drug-likeness (QED) is 0.863. The first-order valence-corrected chi connectivity index (χ1v) is 8.32. The molecule has 10 heteroatoms. The third-order valence-electron chi connectivity index (χ3n) is 3.35. The van der Waals surface area contributed by atoms with Crippen LogP contribution in [0, 0.1) is 13.8 Å². The number of hydrogen-bond donors (Lipinski definition) is 1. The van der Waals surface area contributed by atoms with Crippen LogP contribution >= 0.6 is 0 Å². The van der Waals surface area contributed by atoms with Crippen LogP contribution in [0.4, 0.5) is 0 Å². The van der Waals surface area contributed by atoms with Gasteiger partial charge in [0.15, 0.2) is 11.6 Å². The van der Waals surface area contributed by atoms with E-state index in [0.29, 0.717) is 18.2 Å². The molecule has 1 aliphatic heterocycles. The van der Waals surface area contributed by atoms with E-state index in [9.17, 15) is 8.42 Å². The smallest absolute Gasteiger partial charge is 0.255 e. The summed E-state index contributed by atoms with van der Waals surface area (Å²) in [5.41, 5.74) is 0.304. The molecule has 22 heavy (non-hydrogen) atoms. The normalized spacial score (nSPS) is 18.9. The second-order valence-corrected chi connectivity index (χ2v) is 6.73. The van der Waals surface area contributed by atoms with Gasteiger partial charge in [0, 0.05) is 6.61 Å². The topological polar surface area (TPSA) is 120 Å². The van der Waals surface area contributed by atoms with Gasteiger partial charge in [0.2, 0.25) is 10.0 Å². The van der Waals surface area contributed by atoms with Crippen molar-refractivity contribution in [3.8, 4) is 0 Å². The average molecular weight is 328 g/mol. The summed E-state index contributed by atoms with van der Waals surface area (Å²) in [6, 6.07) is 0. The Morgan fingerprint density at radius 3 is 2.73 bits per heavy atom. The van der Waals surface area contributed by atoms with Gasteiger partial charge in [0.1, 0.15) is 16.7 Å². The molecule has 0 aliphatic carbocycles. The van der Waals surface area contributed by atoms with E-state index < -0.39 is 10.0 Å². The molecule has 0 amide bonds. The molecule has 120 valence electrons. The molecule has 0 spiro atoms. The van der Waals surface area contributed by atoms with Crippen LogP contribution in [0.15, 0.2) is 13.9 Å². The Balaban J connectivity index is 1.69. The van der Waals surface area contributed by atoms with E-state index in [1.165, 1.54) is 0 Å². The van der Waals surface area contributed by atoms with E-state index in [2.05, 4.69) is 20.0 Å². The summed E-state index contributed by atoms with van der Waals surface area (Å²) in [5, 5.41) is 7.39. The maximum absolute atomic E-state index is 12.2. The lowest BCUT2D eigenvalue weighted by Gasteiger charge is -2.03. The number of ether oxygens (including phenoxy) is 1. The predicted octanol–water partition coefficient (Wildman–Crippen LogP) is 1.00. The largest absolute Gasteiger partial charge is 0.368 e. The summed E-state index contributed by atoms with van der Waals surface area (Å²) in [6.07, 6.45) is 1.58. The summed E-state index contributed by atoms with van der Waals surface area (Å²) < 4.78 is 42.3. The highest BCUT2D eigenvalue weighted by Crippen LogP contribution is 2.27. The van der Waals surface area contributed by atoms with E-state index in [4.69, 9.17) is 13.8 Å². The summed E-state index contributed by atoms with van der Waals surface area (Å²) in [6.45, 7) is 3.69. The maximum Gasteiger partial charge on any atom is 0.255 e. The maximum atomic E-state index is 12.2. The minimum absolute atomic E-state index is 0.0374. The Hall–Kier alpha value is -1.78. The van der Waals surface area contributed by atoms with E-state index in [0.717, 1.165) is 12.8 Å². The summed E-state index contributed by atoms with van der Waals surface area (Å²) >= 11 is 0. The van der Waals surface area contributed by atoms with Gasteiger partial charge < -0.3 is 13.8 Å². The SMILES string of the molecule is Cc1noc(C)c1S(=O)(=O)NCc1noc(C2CCCO2)n1. The first-order valence-electron chi connectivity index (χ1n) is 6.84. The van der Waals surface area contributed by atoms with Crippen molar-refractivity contribution in [1.82, 2.24) is 20.0 Å². The van der Waals surface area contributed by atoms with Gasteiger partial charge in [0.25, 0.3) is 5.89 Å². The first kappa shape index (κ1) is 15.1. The third kappa shape index (κ3) is 2.89. The van der Waals surface area contributed by atoms with Crippen LogP contribution in [0.25, 0.3) is 0 Å². The van der Waals surface area contributed by atoms with Gasteiger partial charge in [-0.05, 0) is 26.7 Å². The first-order chi connectivity index (χ1) is 10.5. The number of nitrogens with one attached hydrogen (secondary N) is 1. The lowest BCUT2D eigenvalue weighted by Crippen LogP contribution is -2.24. The van der Waals surface area contributed by atoms with E-state index in [-0.39, 0.29) is 29.1 Å². The van der Waals surface area contributed by atoms with Crippen molar-refractivity contribution in [3.63, 3.8) is 0 Å². The molecule has 0 bridgehead atoms. The van der Waals surface area contributed by atoms with Crippen molar-refractivity contribution >= 4 is 10.0 Å². The van der Waals surface area contributed by atoms with Gasteiger partial charge >= 0.3 is 0 Å². The van der Waals surface area contributed by atoms with Gasteiger partial charge in [-0.25, -0.2) is 13.1 Å².